The van der Waals surface area contributed by atoms with Gasteiger partial charge >= 0.3 is 5.69 Å². The summed E-state index contributed by atoms with van der Waals surface area (Å²) in [6.07, 6.45) is 4.22. The van der Waals surface area contributed by atoms with Crippen LogP contribution >= 0.6 is 11.3 Å². The molecule has 1 aliphatic heterocycles. The average Bonchev–Trinajstić information content (AvgIpc) is 3.12. The van der Waals surface area contributed by atoms with Crippen molar-refractivity contribution in [3.05, 3.63) is 46.5 Å². The molecule has 1 N–H and O–H groups in total. The lowest BCUT2D eigenvalue weighted by molar-refractivity contribution is -0.122. The van der Waals surface area contributed by atoms with E-state index in [0.717, 1.165) is 0 Å². The van der Waals surface area contributed by atoms with Crippen molar-refractivity contribution < 1.29 is 13.2 Å². The topological polar surface area (TPSA) is 101 Å². The van der Waals surface area contributed by atoms with Crippen LogP contribution in [0.5, 0.6) is 0 Å². The van der Waals surface area contributed by atoms with Crippen LogP contribution < -0.4 is 11.0 Å². The normalized spacial score (nSPS) is 18.8. The first kappa shape index (κ1) is 17.8. The summed E-state index contributed by atoms with van der Waals surface area (Å²) >= 11 is 1.18. The predicted octanol–water partition coefficient (Wildman–Crippen LogP) is 0.274. The molecule has 0 spiro atoms. The highest BCUT2D eigenvalue weighted by Crippen LogP contribution is 2.24. The van der Waals surface area contributed by atoms with Crippen molar-refractivity contribution >= 4 is 27.3 Å². The van der Waals surface area contributed by atoms with E-state index in [2.05, 4.69) is 10.3 Å². The van der Waals surface area contributed by atoms with Gasteiger partial charge in [-0.15, -0.1) is 11.3 Å². The van der Waals surface area contributed by atoms with Gasteiger partial charge in [0.2, 0.25) is 5.91 Å². The summed E-state index contributed by atoms with van der Waals surface area (Å²) in [5, 5.41) is 4.54. The van der Waals surface area contributed by atoms with Crippen LogP contribution in [0, 0.1) is 0 Å². The Labute approximate surface area is 149 Å². The fourth-order valence-corrected chi connectivity index (χ4v) is 5.42. The molecule has 8 nitrogen and oxygen atoms in total. The molecule has 2 aromatic rings. The lowest BCUT2D eigenvalue weighted by Crippen LogP contribution is -2.50. The summed E-state index contributed by atoms with van der Waals surface area (Å²) in [5.74, 6) is -0.338. The Morgan fingerprint density at radius 3 is 2.96 bits per heavy atom. The number of amides is 1. The van der Waals surface area contributed by atoms with Gasteiger partial charge in [-0.05, 0) is 30.4 Å². The fourth-order valence-electron chi connectivity index (χ4n) is 2.75. The monoisotopic (exact) mass is 382 g/mol. The predicted molar refractivity (Wildman–Crippen MR) is 92.7 cm³/mol. The van der Waals surface area contributed by atoms with Crippen molar-refractivity contribution in [2.45, 2.75) is 29.6 Å². The zero-order valence-corrected chi connectivity index (χ0v) is 15.0. The second kappa shape index (κ2) is 7.46. The number of carbonyl (C=O) groups is 1. The third-order valence-corrected chi connectivity index (χ3v) is 7.17. The van der Waals surface area contributed by atoms with E-state index in [-0.39, 0.29) is 25.0 Å². The highest BCUT2D eigenvalue weighted by molar-refractivity contribution is 7.91. The van der Waals surface area contributed by atoms with Gasteiger partial charge in [0, 0.05) is 31.5 Å². The summed E-state index contributed by atoms with van der Waals surface area (Å²) in [4.78, 5) is 27.3. The Kier molecular flexibility index (Phi) is 5.30. The van der Waals surface area contributed by atoms with Gasteiger partial charge < -0.3 is 5.32 Å². The maximum Gasteiger partial charge on any atom is 0.347 e. The summed E-state index contributed by atoms with van der Waals surface area (Å²) in [5.41, 5.74) is -0.497. The van der Waals surface area contributed by atoms with Crippen molar-refractivity contribution in [3.8, 4) is 0 Å². The quantitative estimate of drug-likeness (QED) is 0.800. The summed E-state index contributed by atoms with van der Waals surface area (Å²) < 4.78 is 28.1. The van der Waals surface area contributed by atoms with Crippen molar-refractivity contribution in [3.63, 3.8) is 0 Å². The number of hydrogen-bond acceptors (Lipinski definition) is 6. The van der Waals surface area contributed by atoms with Gasteiger partial charge in [-0.1, -0.05) is 6.07 Å². The van der Waals surface area contributed by atoms with Gasteiger partial charge in [0.25, 0.3) is 10.0 Å². The third-order valence-electron chi connectivity index (χ3n) is 3.94. The summed E-state index contributed by atoms with van der Waals surface area (Å²) in [7, 11) is -3.52. The number of carbonyl (C=O) groups excluding carboxylic acids is 1. The van der Waals surface area contributed by atoms with E-state index in [1.54, 1.807) is 23.6 Å². The van der Waals surface area contributed by atoms with Crippen molar-refractivity contribution in [1.82, 2.24) is 19.2 Å². The Morgan fingerprint density at radius 2 is 2.24 bits per heavy atom. The van der Waals surface area contributed by atoms with Gasteiger partial charge in [-0.3, -0.25) is 9.36 Å². The van der Waals surface area contributed by atoms with Gasteiger partial charge in [0.05, 0.1) is 0 Å². The molecule has 25 heavy (non-hydrogen) atoms. The minimum atomic E-state index is -3.52. The molecule has 134 valence electrons. The Bertz CT molecular complexity index is 892. The SMILES string of the molecule is O=C(Cn1cccnc1=O)N[C@@H]1CCCN(S(=O)(=O)c2cccs2)C1. The highest BCUT2D eigenvalue weighted by Gasteiger charge is 2.31. The minimum Gasteiger partial charge on any atom is -0.350 e. The van der Waals surface area contributed by atoms with Gasteiger partial charge in [-0.25, -0.2) is 18.2 Å². The number of thiophene rings is 1. The molecule has 0 bridgehead atoms. The Balaban J connectivity index is 1.63. The summed E-state index contributed by atoms with van der Waals surface area (Å²) in [6.45, 7) is 0.531. The number of hydrogen-bond donors (Lipinski definition) is 1. The van der Waals surface area contributed by atoms with E-state index in [9.17, 15) is 18.0 Å². The van der Waals surface area contributed by atoms with Crippen molar-refractivity contribution in [2.75, 3.05) is 13.1 Å². The first-order chi connectivity index (χ1) is 12.0. The largest absolute Gasteiger partial charge is 0.350 e. The van der Waals surface area contributed by atoms with Crippen LogP contribution in [-0.2, 0) is 21.4 Å². The van der Waals surface area contributed by atoms with Crippen LogP contribution in [-0.4, -0.2) is 47.3 Å². The molecular weight excluding hydrogens is 364 g/mol. The number of piperidine rings is 1. The van der Waals surface area contributed by atoms with E-state index < -0.39 is 15.7 Å². The lowest BCUT2D eigenvalue weighted by atomic mass is 10.1. The molecule has 0 unspecified atom stereocenters. The highest BCUT2D eigenvalue weighted by atomic mass is 32.2. The molecule has 1 saturated heterocycles. The van der Waals surface area contributed by atoms with Crippen LogP contribution in [0.25, 0.3) is 0 Å². The maximum atomic E-state index is 12.6. The van der Waals surface area contributed by atoms with E-state index in [1.807, 2.05) is 0 Å². The minimum absolute atomic E-state index is 0.138. The zero-order chi connectivity index (χ0) is 17.9. The van der Waals surface area contributed by atoms with Gasteiger partial charge in [-0.2, -0.15) is 4.31 Å². The van der Waals surface area contributed by atoms with Crippen LogP contribution in [0.4, 0.5) is 0 Å². The first-order valence-electron chi connectivity index (χ1n) is 7.81. The average molecular weight is 382 g/mol. The molecule has 3 heterocycles. The molecule has 1 amide bonds. The van der Waals surface area contributed by atoms with Crippen LogP contribution in [0.1, 0.15) is 12.8 Å². The standard InChI is InChI=1S/C15H18N4O4S2/c20-13(11-18-7-3-6-16-15(18)21)17-12-4-1-8-19(10-12)25(22,23)14-5-2-9-24-14/h2-3,5-7,9,12H,1,4,8,10-11H2,(H,17,20)/t12-/m1/s1. The van der Waals surface area contributed by atoms with E-state index in [4.69, 9.17) is 0 Å². The molecule has 1 aliphatic rings. The van der Waals surface area contributed by atoms with Crippen LogP contribution in [0.15, 0.2) is 45.0 Å². The second-order valence-electron chi connectivity index (χ2n) is 5.73. The van der Waals surface area contributed by atoms with E-state index in [0.29, 0.717) is 23.6 Å². The molecule has 1 fully saturated rings. The summed E-state index contributed by atoms with van der Waals surface area (Å²) in [6, 6.07) is 4.58. The van der Waals surface area contributed by atoms with Gasteiger partial charge in [0.15, 0.2) is 0 Å². The van der Waals surface area contributed by atoms with E-state index >= 15 is 0 Å². The zero-order valence-electron chi connectivity index (χ0n) is 13.4. The molecule has 3 rings (SSSR count). The molecule has 10 heteroatoms. The Morgan fingerprint density at radius 1 is 1.40 bits per heavy atom. The second-order valence-corrected chi connectivity index (χ2v) is 8.84. The molecular formula is C15H18N4O4S2. The third kappa shape index (κ3) is 4.14. The lowest BCUT2D eigenvalue weighted by Gasteiger charge is -2.32. The molecule has 0 aliphatic carbocycles. The number of sulfonamides is 1. The first-order valence-corrected chi connectivity index (χ1v) is 10.1. The number of nitrogens with one attached hydrogen (secondary N) is 1. The van der Waals surface area contributed by atoms with E-state index in [1.165, 1.54) is 32.6 Å². The van der Waals surface area contributed by atoms with Crippen LogP contribution in [0.2, 0.25) is 0 Å². The Hall–Kier alpha value is -2.04. The number of aromatic nitrogens is 2. The van der Waals surface area contributed by atoms with Crippen LogP contribution in [0.3, 0.4) is 0 Å². The molecule has 0 aromatic carbocycles. The van der Waals surface area contributed by atoms with Gasteiger partial charge in [0.1, 0.15) is 10.8 Å². The molecule has 2 aromatic heterocycles. The number of nitrogens with zero attached hydrogens (tertiary/aromatic N) is 3. The maximum absolute atomic E-state index is 12.6. The smallest absolute Gasteiger partial charge is 0.347 e. The van der Waals surface area contributed by atoms with Crippen molar-refractivity contribution in [1.29, 1.82) is 0 Å². The molecule has 1 atom stereocenters. The number of rotatable bonds is 5. The van der Waals surface area contributed by atoms with Crippen molar-refractivity contribution in [2.24, 2.45) is 0 Å². The molecule has 0 radical (unpaired) electrons. The molecule has 0 saturated carbocycles. The fraction of sp³-hybridized carbons (Fsp3) is 0.400.